The maximum absolute atomic E-state index is 12.4. The Hall–Kier alpha value is -1.58. The van der Waals surface area contributed by atoms with Gasteiger partial charge in [0.05, 0.1) is 0 Å². The van der Waals surface area contributed by atoms with Crippen molar-refractivity contribution in [2.45, 2.75) is 58.9 Å². The third kappa shape index (κ3) is 4.19. The fourth-order valence-corrected chi connectivity index (χ4v) is 2.62. The third-order valence-corrected chi connectivity index (χ3v) is 3.96. The highest BCUT2D eigenvalue weighted by molar-refractivity contribution is 5.95. The summed E-state index contributed by atoms with van der Waals surface area (Å²) in [6, 6.07) is 4.13. The molecule has 0 spiro atoms. The van der Waals surface area contributed by atoms with Gasteiger partial charge in [-0.3, -0.25) is 4.79 Å². The van der Waals surface area contributed by atoms with Crippen molar-refractivity contribution in [1.29, 1.82) is 0 Å². The Bertz CT molecular complexity index is 499. The number of amides is 1. The van der Waals surface area contributed by atoms with Crippen molar-refractivity contribution in [3.8, 4) is 0 Å². The van der Waals surface area contributed by atoms with Crippen LogP contribution in [0, 0.1) is 5.92 Å². The van der Waals surface area contributed by atoms with Crippen LogP contribution in [0.2, 0.25) is 0 Å². The Balaban J connectivity index is 2.08. The van der Waals surface area contributed by atoms with Gasteiger partial charge >= 0.3 is 0 Å². The monoisotopic (exact) mass is 289 g/mol. The quantitative estimate of drug-likeness (QED) is 0.807. The van der Waals surface area contributed by atoms with Crippen LogP contribution in [0.4, 0.5) is 5.82 Å². The van der Waals surface area contributed by atoms with E-state index < -0.39 is 0 Å². The topological polar surface area (TPSA) is 54.0 Å². The minimum Gasteiger partial charge on any atom is -0.370 e. The Labute approximate surface area is 127 Å². The minimum absolute atomic E-state index is 0.0297. The largest absolute Gasteiger partial charge is 0.370 e. The van der Waals surface area contributed by atoms with Gasteiger partial charge in [-0.25, -0.2) is 4.98 Å². The molecule has 1 fully saturated rings. The molecule has 0 aliphatic heterocycles. The Morgan fingerprint density at radius 2 is 2.14 bits per heavy atom. The lowest BCUT2D eigenvalue weighted by atomic mass is 10.1. The molecule has 1 aliphatic rings. The normalized spacial score (nSPS) is 20.4. The van der Waals surface area contributed by atoms with Crippen LogP contribution in [-0.2, 0) is 0 Å². The molecule has 2 rings (SSSR count). The number of nitrogens with zero attached hydrogens (tertiary/aromatic N) is 1. The van der Waals surface area contributed by atoms with Gasteiger partial charge in [-0.1, -0.05) is 27.2 Å². The first kappa shape index (κ1) is 15.8. The summed E-state index contributed by atoms with van der Waals surface area (Å²) < 4.78 is 0. The highest BCUT2D eigenvalue weighted by Crippen LogP contribution is 2.34. The van der Waals surface area contributed by atoms with Crippen molar-refractivity contribution in [3.63, 3.8) is 0 Å². The fourth-order valence-electron chi connectivity index (χ4n) is 2.62. The molecule has 0 aromatic carbocycles. The highest BCUT2D eigenvalue weighted by atomic mass is 16.1. The number of pyridine rings is 1. The molecule has 1 heterocycles. The number of nitrogens with one attached hydrogen (secondary N) is 2. The van der Waals surface area contributed by atoms with Crippen molar-refractivity contribution in [1.82, 2.24) is 10.3 Å². The van der Waals surface area contributed by atoms with E-state index in [0.717, 1.165) is 24.5 Å². The number of hydrogen-bond donors (Lipinski definition) is 2. The number of carbonyl (C=O) groups excluding carboxylic acids is 1. The summed E-state index contributed by atoms with van der Waals surface area (Å²) >= 11 is 0. The third-order valence-electron chi connectivity index (χ3n) is 3.96. The Morgan fingerprint density at radius 1 is 1.38 bits per heavy atom. The molecule has 1 aromatic heterocycles. The number of aromatic nitrogens is 1. The molecule has 4 heteroatoms. The van der Waals surface area contributed by atoms with Crippen LogP contribution in [0.25, 0.3) is 0 Å². The lowest BCUT2D eigenvalue weighted by molar-refractivity contribution is 0.0948. The summed E-state index contributed by atoms with van der Waals surface area (Å²) in [4.78, 5) is 17.0. The average molecular weight is 289 g/mol. The van der Waals surface area contributed by atoms with Crippen molar-refractivity contribution >= 4 is 11.7 Å². The summed E-state index contributed by atoms with van der Waals surface area (Å²) in [6.45, 7) is 9.22. The zero-order valence-electron chi connectivity index (χ0n) is 13.6. The predicted octanol–water partition coefficient (Wildman–Crippen LogP) is 3.56. The Morgan fingerprint density at radius 3 is 2.76 bits per heavy atom. The maximum Gasteiger partial charge on any atom is 0.251 e. The van der Waals surface area contributed by atoms with E-state index in [1.807, 2.05) is 19.1 Å². The highest BCUT2D eigenvalue weighted by Gasteiger charge is 2.37. The number of carbonyl (C=O) groups is 1. The van der Waals surface area contributed by atoms with E-state index in [2.05, 4.69) is 36.4 Å². The van der Waals surface area contributed by atoms with Crippen LogP contribution in [0.5, 0.6) is 0 Å². The summed E-state index contributed by atoms with van der Waals surface area (Å²) in [5.41, 5.74) is 1.67. The van der Waals surface area contributed by atoms with E-state index in [9.17, 15) is 4.79 Å². The second-order valence-electron chi connectivity index (χ2n) is 6.22. The van der Waals surface area contributed by atoms with Crippen LogP contribution in [0.1, 0.15) is 68.9 Å². The van der Waals surface area contributed by atoms with Gasteiger partial charge in [0.1, 0.15) is 5.82 Å². The van der Waals surface area contributed by atoms with Gasteiger partial charge < -0.3 is 10.6 Å². The van der Waals surface area contributed by atoms with Gasteiger partial charge in [0.15, 0.2) is 0 Å². The predicted molar refractivity (Wildman–Crippen MR) is 86.8 cm³/mol. The van der Waals surface area contributed by atoms with E-state index in [1.165, 1.54) is 12.8 Å². The molecule has 0 radical (unpaired) electrons. The molecule has 1 aliphatic carbocycles. The van der Waals surface area contributed by atoms with Crippen LogP contribution < -0.4 is 10.6 Å². The van der Waals surface area contributed by atoms with E-state index in [4.69, 9.17) is 0 Å². The first-order valence-electron chi connectivity index (χ1n) is 8.11. The first-order valence-corrected chi connectivity index (χ1v) is 8.11. The van der Waals surface area contributed by atoms with Gasteiger partial charge in [0, 0.05) is 23.8 Å². The van der Waals surface area contributed by atoms with Gasteiger partial charge in [0.25, 0.3) is 5.91 Å². The number of anilines is 1. The molecular weight excluding hydrogens is 262 g/mol. The lowest BCUT2D eigenvalue weighted by Crippen LogP contribution is -2.27. The standard InChI is InChI=1S/C17H27N3O/c1-5-7-12-8-15(12)20-17(21)13-9-14(11(3)4)19-16(10-13)18-6-2/h9-12,15H,5-8H2,1-4H3,(H,18,19)(H,20,21). The average Bonchev–Trinajstić information content (AvgIpc) is 3.17. The van der Waals surface area contributed by atoms with Crippen molar-refractivity contribution in [2.75, 3.05) is 11.9 Å². The smallest absolute Gasteiger partial charge is 0.251 e. The van der Waals surface area contributed by atoms with Crippen molar-refractivity contribution in [3.05, 3.63) is 23.4 Å². The summed E-state index contributed by atoms with van der Waals surface area (Å²) in [5.74, 6) is 1.80. The van der Waals surface area contributed by atoms with Crippen LogP contribution >= 0.6 is 0 Å². The zero-order chi connectivity index (χ0) is 15.4. The van der Waals surface area contributed by atoms with Crippen LogP contribution in [-0.4, -0.2) is 23.5 Å². The molecule has 1 aromatic rings. The van der Waals surface area contributed by atoms with Crippen LogP contribution in [0.15, 0.2) is 12.1 Å². The summed E-state index contributed by atoms with van der Waals surface area (Å²) in [7, 11) is 0. The van der Waals surface area contributed by atoms with E-state index >= 15 is 0 Å². The number of rotatable bonds is 7. The Kier molecular flexibility index (Phi) is 5.21. The second kappa shape index (κ2) is 6.92. The lowest BCUT2D eigenvalue weighted by Gasteiger charge is -2.12. The molecule has 21 heavy (non-hydrogen) atoms. The zero-order valence-corrected chi connectivity index (χ0v) is 13.6. The molecule has 2 N–H and O–H groups in total. The number of hydrogen-bond acceptors (Lipinski definition) is 3. The fraction of sp³-hybridized carbons (Fsp3) is 0.647. The maximum atomic E-state index is 12.4. The molecule has 4 nitrogen and oxygen atoms in total. The van der Waals surface area contributed by atoms with Crippen molar-refractivity contribution < 1.29 is 4.79 Å². The molecular formula is C17H27N3O. The molecule has 1 saturated carbocycles. The van der Waals surface area contributed by atoms with Gasteiger partial charge in [0.2, 0.25) is 0 Å². The van der Waals surface area contributed by atoms with E-state index in [0.29, 0.717) is 23.4 Å². The van der Waals surface area contributed by atoms with Crippen LogP contribution in [0.3, 0.4) is 0 Å². The van der Waals surface area contributed by atoms with Gasteiger partial charge in [-0.05, 0) is 43.7 Å². The molecule has 2 atom stereocenters. The van der Waals surface area contributed by atoms with Gasteiger partial charge in [-0.15, -0.1) is 0 Å². The van der Waals surface area contributed by atoms with E-state index in [-0.39, 0.29) is 5.91 Å². The minimum atomic E-state index is 0.0297. The van der Waals surface area contributed by atoms with Gasteiger partial charge in [-0.2, -0.15) is 0 Å². The SMILES string of the molecule is CCCC1CC1NC(=O)c1cc(NCC)nc(C(C)C)c1. The molecule has 1 amide bonds. The summed E-state index contributed by atoms with van der Waals surface area (Å²) in [5, 5.41) is 6.35. The first-order chi connectivity index (χ1) is 10.0. The molecule has 0 saturated heterocycles. The summed E-state index contributed by atoms with van der Waals surface area (Å²) in [6.07, 6.45) is 3.53. The molecule has 0 bridgehead atoms. The molecule has 116 valence electrons. The molecule has 2 unspecified atom stereocenters. The second-order valence-corrected chi connectivity index (χ2v) is 6.22. The van der Waals surface area contributed by atoms with Crippen molar-refractivity contribution in [2.24, 2.45) is 5.92 Å². The van der Waals surface area contributed by atoms with E-state index in [1.54, 1.807) is 0 Å².